The highest BCUT2D eigenvalue weighted by Crippen LogP contribution is 2.19. The monoisotopic (exact) mass is 236 g/mol. The number of nitrogens with one attached hydrogen (secondary N) is 1. The predicted octanol–water partition coefficient (Wildman–Crippen LogP) is 2.89. The van der Waals surface area contributed by atoms with Crippen LogP contribution < -0.4 is 5.32 Å². The van der Waals surface area contributed by atoms with Crippen LogP contribution in [0.25, 0.3) is 0 Å². The van der Waals surface area contributed by atoms with Gasteiger partial charge in [-0.2, -0.15) is 0 Å². The van der Waals surface area contributed by atoms with Crippen LogP contribution in [-0.2, 0) is 0 Å². The van der Waals surface area contributed by atoms with Gasteiger partial charge in [0.15, 0.2) is 0 Å². The maximum Gasteiger partial charge on any atom is 0.260 e. The van der Waals surface area contributed by atoms with Gasteiger partial charge in [0.25, 0.3) is 5.91 Å². The molecule has 0 saturated carbocycles. The van der Waals surface area contributed by atoms with Crippen LogP contribution in [0.2, 0.25) is 5.22 Å². The smallest absolute Gasteiger partial charge is 0.260 e. The lowest BCUT2D eigenvalue weighted by molar-refractivity contribution is 0.102. The molecule has 2 aromatic rings. The molecule has 2 aromatic heterocycles. The topological polar surface area (TPSA) is 55.1 Å². The Labute approximate surface area is 97.2 Å². The van der Waals surface area contributed by atoms with Crippen LogP contribution in [0, 0.1) is 6.92 Å². The van der Waals surface area contributed by atoms with Crippen molar-refractivity contribution in [1.82, 2.24) is 4.98 Å². The van der Waals surface area contributed by atoms with E-state index in [0.717, 1.165) is 5.56 Å². The highest BCUT2D eigenvalue weighted by molar-refractivity contribution is 6.32. The van der Waals surface area contributed by atoms with E-state index in [1.165, 1.54) is 12.3 Å². The predicted molar refractivity (Wildman–Crippen MR) is 60.6 cm³/mol. The third kappa shape index (κ3) is 2.06. The summed E-state index contributed by atoms with van der Waals surface area (Å²) in [6.07, 6.45) is 4.66. The molecule has 2 rings (SSSR count). The van der Waals surface area contributed by atoms with Gasteiger partial charge in [-0.1, -0.05) is 0 Å². The Bertz CT molecular complexity index is 522. The van der Waals surface area contributed by atoms with Gasteiger partial charge in [-0.3, -0.25) is 9.78 Å². The number of anilines is 1. The number of aryl methyl sites for hydroxylation is 1. The summed E-state index contributed by atoms with van der Waals surface area (Å²) in [6.45, 7) is 1.86. The van der Waals surface area contributed by atoms with Crippen molar-refractivity contribution in [1.29, 1.82) is 0 Å². The van der Waals surface area contributed by atoms with Crippen LogP contribution >= 0.6 is 11.6 Å². The van der Waals surface area contributed by atoms with Crippen molar-refractivity contribution in [2.45, 2.75) is 6.92 Å². The molecule has 5 heteroatoms. The van der Waals surface area contributed by atoms with E-state index in [-0.39, 0.29) is 11.1 Å². The lowest BCUT2D eigenvalue weighted by Gasteiger charge is -2.06. The zero-order chi connectivity index (χ0) is 11.5. The van der Waals surface area contributed by atoms with Gasteiger partial charge in [-0.25, -0.2) is 0 Å². The van der Waals surface area contributed by atoms with E-state index in [0.29, 0.717) is 11.3 Å². The molecule has 0 atom stereocenters. The molecule has 0 bridgehead atoms. The molecule has 82 valence electrons. The van der Waals surface area contributed by atoms with Gasteiger partial charge in [0.05, 0.1) is 11.8 Å². The van der Waals surface area contributed by atoms with Crippen LogP contribution in [0.1, 0.15) is 15.9 Å². The summed E-state index contributed by atoms with van der Waals surface area (Å²) >= 11 is 5.70. The Balaban J connectivity index is 2.21. The van der Waals surface area contributed by atoms with Crippen molar-refractivity contribution in [3.05, 3.63) is 47.1 Å². The molecule has 1 N–H and O–H groups in total. The van der Waals surface area contributed by atoms with Gasteiger partial charge < -0.3 is 9.73 Å². The minimum atomic E-state index is -0.298. The van der Waals surface area contributed by atoms with Gasteiger partial charge in [-0.15, -0.1) is 0 Å². The number of hydrogen-bond donors (Lipinski definition) is 1. The summed E-state index contributed by atoms with van der Waals surface area (Å²) in [4.78, 5) is 15.7. The lowest BCUT2D eigenvalue weighted by Crippen LogP contribution is -2.12. The number of hydrogen-bond acceptors (Lipinski definition) is 3. The first-order valence-electron chi connectivity index (χ1n) is 4.63. The van der Waals surface area contributed by atoms with E-state index in [4.69, 9.17) is 16.0 Å². The average Bonchev–Trinajstić information content (AvgIpc) is 2.68. The SMILES string of the molecule is Cc1cnccc1NC(=O)c1ccoc1Cl. The fourth-order valence-corrected chi connectivity index (χ4v) is 1.46. The van der Waals surface area contributed by atoms with Crippen molar-refractivity contribution < 1.29 is 9.21 Å². The molecule has 0 aliphatic rings. The zero-order valence-corrected chi connectivity index (χ0v) is 9.28. The normalized spacial score (nSPS) is 10.1. The average molecular weight is 237 g/mol. The minimum absolute atomic E-state index is 0.0872. The second-order valence-electron chi connectivity index (χ2n) is 3.25. The first-order valence-corrected chi connectivity index (χ1v) is 5.01. The third-order valence-electron chi connectivity index (χ3n) is 2.13. The number of carbonyl (C=O) groups excluding carboxylic acids is 1. The van der Waals surface area contributed by atoms with Gasteiger partial charge in [0, 0.05) is 18.1 Å². The molecule has 0 spiro atoms. The largest absolute Gasteiger partial charge is 0.452 e. The fourth-order valence-electron chi connectivity index (χ4n) is 1.26. The molecule has 1 amide bonds. The number of aromatic nitrogens is 1. The number of pyridine rings is 1. The maximum atomic E-state index is 11.8. The maximum absolute atomic E-state index is 11.8. The number of furan rings is 1. The molecular formula is C11H9ClN2O2. The molecule has 0 aliphatic carbocycles. The van der Waals surface area contributed by atoms with Crippen LogP contribution in [-0.4, -0.2) is 10.9 Å². The first-order chi connectivity index (χ1) is 7.68. The Kier molecular flexibility index (Phi) is 2.92. The van der Waals surface area contributed by atoms with Crippen molar-refractivity contribution in [2.75, 3.05) is 5.32 Å². The van der Waals surface area contributed by atoms with E-state index in [9.17, 15) is 4.79 Å². The van der Waals surface area contributed by atoms with Crippen LogP contribution in [0.3, 0.4) is 0 Å². The van der Waals surface area contributed by atoms with E-state index in [2.05, 4.69) is 10.3 Å². The van der Waals surface area contributed by atoms with Crippen LogP contribution in [0.5, 0.6) is 0 Å². The second kappa shape index (κ2) is 4.37. The molecule has 2 heterocycles. The summed E-state index contributed by atoms with van der Waals surface area (Å²) in [6, 6.07) is 3.25. The van der Waals surface area contributed by atoms with Crippen LogP contribution in [0.4, 0.5) is 5.69 Å². The Morgan fingerprint density at radius 3 is 2.94 bits per heavy atom. The Morgan fingerprint density at radius 2 is 2.31 bits per heavy atom. The molecule has 0 radical (unpaired) electrons. The zero-order valence-electron chi connectivity index (χ0n) is 8.53. The van der Waals surface area contributed by atoms with E-state index in [1.807, 2.05) is 6.92 Å². The van der Waals surface area contributed by atoms with Gasteiger partial charge in [0.2, 0.25) is 5.22 Å². The summed E-state index contributed by atoms with van der Waals surface area (Å²) in [5.41, 5.74) is 1.91. The molecular weight excluding hydrogens is 228 g/mol. The lowest BCUT2D eigenvalue weighted by atomic mass is 10.2. The van der Waals surface area contributed by atoms with E-state index < -0.39 is 0 Å². The number of amides is 1. The Hall–Kier alpha value is -1.81. The molecule has 0 aliphatic heterocycles. The molecule has 4 nitrogen and oxygen atoms in total. The highest BCUT2D eigenvalue weighted by atomic mass is 35.5. The summed E-state index contributed by atoms with van der Waals surface area (Å²) in [7, 11) is 0. The van der Waals surface area contributed by atoms with Crippen molar-refractivity contribution >= 4 is 23.2 Å². The first kappa shape index (κ1) is 10.7. The second-order valence-corrected chi connectivity index (χ2v) is 3.60. The quantitative estimate of drug-likeness (QED) is 0.872. The van der Waals surface area contributed by atoms with Gasteiger partial charge >= 0.3 is 0 Å². The van der Waals surface area contributed by atoms with Gasteiger partial charge in [-0.05, 0) is 36.2 Å². The number of rotatable bonds is 2. The number of nitrogens with zero attached hydrogens (tertiary/aromatic N) is 1. The molecule has 0 saturated heterocycles. The van der Waals surface area contributed by atoms with E-state index in [1.54, 1.807) is 18.5 Å². The third-order valence-corrected chi connectivity index (χ3v) is 2.42. The summed E-state index contributed by atoms with van der Waals surface area (Å²) < 4.78 is 4.85. The number of carbonyl (C=O) groups is 1. The Morgan fingerprint density at radius 1 is 1.50 bits per heavy atom. The van der Waals surface area contributed by atoms with Crippen molar-refractivity contribution in [3.63, 3.8) is 0 Å². The molecule has 0 unspecified atom stereocenters. The summed E-state index contributed by atoms with van der Waals surface area (Å²) in [5, 5.41) is 2.82. The van der Waals surface area contributed by atoms with Crippen LogP contribution in [0.15, 0.2) is 35.2 Å². The molecule has 0 aromatic carbocycles. The standard InChI is InChI=1S/C11H9ClN2O2/c1-7-6-13-4-2-9(7)14-11(15)8-3-5-16-10(8)12/h2-6H,1H3,(H,13,14,15). The minimum Gasteiger partial charge on any atom is -0.452 e. The van der Waals surface area contributed by atoms with Gasteiger partial charge in [0.1, 0.15) is 0 Å². The highest BCUT2D eigenvalue weighted by Gasteiger charge is 2.13. The fraction of sp³-hybridized carbons (Fsp3) is 0.0909. The molecule has 16 heavy (non-hydrogen) atoms. The van der Waals surface area contributed by atoms with Crippen molar-refractivity contribution in [2.24, 2.45) is 0 Å². The van der Waals surface area contributed by atoms with E-state index >= 15 is 0 Å². The van der Waals surface area contributed by atoms with Crippen molar-refractivity contribution in [3.8, 4) is 0 Å². The molecule has 0 fully saturated rings. The summed E-state index contributed by atoms with van der Waals surface area (Å²) in [5.74, 6) is -0.298. The number of halogens is 1.